The fraction of sp³-hybridized carbons (Fsp3) is 0.366. The van der Waals surface area contributed by atoms with Gasteiger partial charge in [0.15, 0.2) is 5.79 Å². The molecule has 2 unspecified atom stereocenters. The Morgan fingerprint density at radius 3 is 2.24 bits per heavy atom. The van der Waals surface area contributed by atoms with Gasteiger partial charge in [-0.05, 0) is 67.5 Å². The van der Waals surface area contributed by atoms with Gasteiger partial charge in [0, 0.05) is 36.9 Å². The minimum absolute atomic E-state index is 0.0620. The summed E-state index contributed by atoms with van der Waals surface area (Å²) in [6.07, 6.45) is 1.26. The second-order valence-electron chi connectivity index (χ2n) is 14.2. The van der Waals surface area contributed by atoms with Gasteiger partial charge >= 0.3 is 6.03 Å². The van der Waals surface area contributed by atoms with E-state index in [1.807, 2.05) is 73.3 Å². The number of fused-ring (bicyclic) bond motifs is 2. The third-order valence-corrected chi connectivity index (χ3v) is 10.4. The van der Waals surface area contributed by atoms with Gasteiger partial charge in [-0.15, -0.1) is 0 Å². The lowest BCUT2D eigenvalue weighted by Gasteiger charge is -2.38. The Balaban J connectivity index is 1.28. The van der Waals surface area contributed by atoms with Gasteiger partial charge in [0.1, 0.15) is 18.0 Å². The van der Waals surface area contributed by atoms with Gasteiger partial charge in [0.2, 0.25) is 0 Å². The summed E-state index contributed by atoms with van der Waals surface area (Å²) in [6.45, 7) is 5.76. The predicted molar refractivity (Wildman–Crippen MR) is 195 cm³/mol. The Morgan fingerprint density at radius 1 is 0.900 bits per heavy atom. The molecule has 5 N–H and O–H groups in total. The van der Waals surface area contributed by atoms with E-state index in [-0.39, 0.29) is 36.5 Å². The van der Waals surface area contributed by atoms with E-state index in [1.54, 1.807) is 6.07 Å². The lowest BCUT2D eigenvalue weighted by Crippen LogP contribution is -2.53. The van der Waals surface area contributed by atoms with E-state index in [0.717, 1.165) is 23.1 Å². The van der Waals surface area contributed by atoms with Crippen molar-refractivity contribution in [2.24, 2.45) is 5.73 Å². The molecule has 9 heteroatoms. The molecular weight excluding hydrogens is 626 g/mol. The fourth-order valence-electron chi connectivity index (χ4n) is 8.03. The number of anilines is 1. The van der Waals surface area contributed by atoms with Crippen molar-refractivity contribution in [1.82, 2.24) is 9.80 Å². The van der Waals surface area contributed by atoms with Crippen LogP contribution in [0.5, 0.6) is 0 Å². The van der Waals surface area contributed by atoms with Crippen molar-refractivity contribution in [1.29, 1.82) is 5.41 Å². The number of hydrogen-bond donors (Lipinski definition) is 3. The molecular formula is C41H47N5O4. The second-order valence-corrected chi connectivity index (χ2v) is 14.2. The van der Waals surface area contributed by atoms with Crippen molar-refractivity contribution in [3.05, 3.63) is 137 Å². The Hall–Kier alpha value is -4.70. The zero-order chi connectivity index (χ0) is 34.9. The maximum Gasteiger partial charge on any atom is 0.321 e. The largest absolute Gasteiger partial charge is 0.398 e. The summed E-state index contributed by atoms with van der Waals surface area (Å²) in [5.41, 5.74) is 16.6. The first-order valence-corrected chi connectivity index (χ1v) is 17.5. The Labute approximate surface area is 294 Å². The van der Waals surface area contributed by atoms with Crippen LogP contribution >= 0.6 is 0 Å². The van der Waals surface area contributed by atoms with Crippen molar-refractivity contribution in [3.63, 3.8) is 0 Å². The Morgan fingerprint density at radius 2 is 1.56 bits per heavy atom. The molecule has 1 spiro atoms. The summed E-state index contributed by atoms with van der Waals surface area (Å²) in [6, 6.07) is 35.9. The standard InChI is InChI=1S/C41H47N5O4/c1-40(2)49-36-35(24-28-13-6-3-7-14-28)45(26-30-19-20-34(42)32(23-30)38(43)44)39(47)46(21-12-22-48-27-29-15-8-4-9-16-29)41(37(36)50-40)25-33(41)31-17-10-5-11-18-31/h3-11,13-20,23,33,35-37H,12,21-22,24-27,42H2,1-2H3,(H3,43,44)/t33?,35-,36+,37-,41?/m1/s1. The number of benzene rings is 4. The van der Waals surface area contributed by atoms with E-state index in [9.17, 15) is 0 Å². The van der Waals surface area contributed by atoms with Crippen LogP contribution in [0.4, 0.5) is 10.5 Å². The van der Waals surface area contributed by atoms with E-state index in [2.05, 4.69) is 53.4 Å². The molecule has 7 rings (SSSR count). The minimum atomic E-state index is -0.847. The minimum Gasteiger partial charge on any atom is -0.398 e. The lowest BCUT2D eigenvalue weighted by atomic mass is 9.90. The molecule has 2 saturated heterocycles. The van der Waals surface area contributed by atoms with Crippen molar-refractivity contribution < 1.29 is 19.0 Å². The van der Waals surface area contributed by atoms with Crippen LogP contribution in [0.3, 0.4) is 0 Å². The van der Waals surface area contributed by atoms with Crippen LogP contribution in [-0.2, 0) is 33.8 Å². The number of nitrogens with zero attached hydrogens (tertiary/aromatic N) is 2. The van der Waals surface area contributed by atoms with Gasteiger partial charge in [0.05, 0.1) is 18.2 Å². The maximum atomic E-state index is 15.4. The van der Waals surface area contributed by atoms with E-state index in [1.165, 1.54) is 5.56 Å². The summed E-state index contributed by atoms with van der Waals surface area (Å²) in [5, 5.41) is 8.12. The number of amides is 2. The van der Waals surface area contributed by atoms with Gasteiger partial charge in [-0.25, -0.2) is 4.79 Å². The molecule has 9 nitrogen and oxygen atoms in total. The number of nitrogen functional groups attached to an aromatic ring is 2. The number of amidine groups is 1. The van der Waals surface area contributed by atoms with Crippen molar-refractivity contribution >= 4 is 17.6 Å². The lowest BCUT2D eigenvalue weighted by molar-refractivity contribution is -0.159. The van der Waals surface area contributed by atoms with Gasteiger partial charge < -0.3 is 35.5 Å². The molecule has 3 aliphatic rings. The summed E-state index contributed by atoms with van der Waals surface area (Å²) in [5.74, 6) is -0.872. The highest BCUT2D eigenvalue weighted by atomic mass is 16.8. The van der Waals surface area contributed by atoms with Crippen molar-refractivity contribution in [2.75, 3.05) is 18.9 Å². The molecule has 2 aliphatic heterocycles. The molecule has 0 radical (unpaired) electrons. The Bertz CT molecular complexity index is 1800. The third kappa shape index (κ3) is 6.73. The molecule has 260 valence electrons. The van der Waals surface area contributed by atoms with E-state index in [0.29, 0.717) is 43.9 Å². The molecule has 4 aromatic rings. The zero-order valence-electron chi connectivity index (χ0n) is 28.8. The highest BCUT2D eigenvalue weighted by molar-refractivity contribution is 6.00. The molecule has 2 heterocycles. The average Bonchev–Trinajstić information content (AvgIpc) is 3.79. The molecule has 2 amide bonds. The number of nitrogens with two attached hydrogens (primary N) is 2. The van der Waals surface area contributed by atoms with Crippen LogP contribution in [0.1, 0.15) is 60.4 Å². The van der Waals surface area contributed by atoms with Crippen LogP contribution in [0.25, 0.3) is 0 Å². The van der Waals surface area contributed by atoms with Gasteiger partial charge in [-0.2, -0.15) is 0 Å². The number of ether oxygens (including phenoxy) is 3. The van der Waals surface area contributed by atoms with Crippen LogP contribution in [-0.4, -0.2) is 64.4 Å². The first-order chi connectivity index (χ1) is 24.2. The zero-order valence-corrected chi connectivity index (χ0v) is 28.8. The quantitative estimate of drug-likeness (QED) is 0.0686. The topological polar surface area (TPSA) is 127 Å². The van der Waals surface area contributed by atoms with Crippen molar-refractivity contribution in [2.45, 2.75) is 81.8 Å². The average molecular weight is 674 g/mol. The number of nitrogens with one attached hydrogen (secondary N) is 1. The molecule has 1 saturated carbocycles. The monoisotopic (exact) mass is 673 g/mol. The smallest absolute Gasteiger partial charge is 0.321 e. The van der Waals surface area contributed by atoms with Gasteiger partial charge in [0.25, 0.3) is 0 Å². The third-order valence-electron chi connectivity index (χ3n) is 10.4. The SMILES string of the molecule is CC1(C)O[C@H]2[C@@H](Cc3ccccc3)N(Cc3ccc(N)c(C(=N)N)c3)C(=O)N(CCCOCc3ccccc3)C3(CC3c3ccccc3)[C@@H]2O1. The first-order valence-electron chi connectivity index (χ1n) is 17.5. The fourth-order valence-corrected chi connectivity index (χ4v) is 8.03. The van der Waals surface area contributed by atoms with Crippen LogP contribution in [0, 0.1) is 5.41 Å². The van der Waals surface area contributed by atoms with Crippen LogP contribution in [0.15, 0.2) is 109 Å². The van der Waals surface area contributed by atoms with E-state index in [4.69, 9.17) is 31.1 Å². The maximum absolute atomic E-state index is 15.4. The number of hydrogen-bond acceptors (Lipinski definition) is 6. The molecule has 1 aliphatic carbocycles. The van der Waals surface area contributed by atoms with Crippen molar-refractivity contribution in [3.8, 4) is 0 Å². The molecule has 0 bridgehead atoms. The molecule has 4 aromatic carbocycles. The van der Waals surface area contributed by atoms with Crippen LogP contribution < -0.4 is 11.5 Å². The van der Waals surface area contributed by atoms with E-state index >= 15 is 4.79 Å². The van der Waals surface area contributed by atoms with Crippen LogP contribution in [0.2, 0.25) is 0 Å². The van der Waals surface area contributed by atoms with E-state index < -0.39 is 17.4 Å². The normalized spacial score (nSPS) is 25.4. The first kappa shape index (κ1) is 33.8. The highest BCUT2D eigenvalue weighted by Crippen LogP contribution is 2.63. The number of rotatable bonds is 12. The molecule has 50 heavy (non-hydrogen) atoms. The highest BCUT2D eigenvalue weighted by Gasteiger charge is 2.72. The summed E-state index contributed by atoms with van der Waals surface area (Å²) in [7, 11) is 0. The predicted octanol–water partition coefficient (Wildman–Crippen LogP) is 6.46. The molecule has 5 atom stereocenters. The van der Waals surface area contributed by atoms with Gasteiger partial charge in [-0.3, -0.25) is 5.41 Å². The summed E-state index contributed by atoms with van der Waals surface area (Å²) < 4.78 is 19.9. The second kappa shape index (κ2) is 13.9. The number of carbonyl (C=O) groups excluding carboxylic acids is 1. The number of urea groups is 1. The van der Waals surface area contributed by atoms with Gasteiger partial charge in [-0.1, -0.05) is 97.1 Å². The molecule has 3 fully saturated rings. The Kier molecular flexibility index (Phi) is 9.39. The summed E-state index contributed by atoms with van der Waals surface area (Å²) >= 11 is 0. The summed E-state index contributed by atoms with van der Waals surface area (Å²) in [4.78, 5) is 19.4. The number of carbonyl (C=O) groups is 1. The molecule has 0 aromatic heterocycles.